The Morgan fingerprint density at radius 3 is 2.39 bits per heavy atom. The van der Waals surface area contributed by atoms with E-state index in [1.807, 2.05) is 0 Å². The van der Waals surface area contributed by atoms with Crippen molar-refractivity contribution in [2.45, 2.75) is 31.2 Å². The van der Waals surface area contributed by atoms with Crippen LogP contribution < -0.4 is 5.73 Å². The minimum atomic E-state index is -1.04. The van der Waals surface area contributed by atoms with Crippen LogP contribution in [0.5, 0.6) is 0 Å². The molecule has 1 aromatic carbocycles. The summed E-state index contributed by atoms with van der Waals surface area (Å²) in [6, 6.07) is 2.36. The molecule has 6 heteroatoms. The fraction of sp³-hybridized carbons (Fsp3) is 0.417. The molecule has 98 valence electrons. The van der Waals surface area contributed by atoms with Crippen LogP contribution in [0, 0.1) is 11.6 Å². The van der Waals surface area contributed by atoms with Gasteiger partial charge in [-0.1, -0.05) is 18.9 Å². The van der Waals surface area contributed by atoms with Gasteiger partial charge < -0.3 is 5.73 Å². The average molecular weight is 256 g/mol. The molecule has 0 bridgehead atoms. The van der Waals surface area contributed by atoms with Crippen LogP contribution in [-0.2, 0) is 5.54 Å². The Labute approximate surface area is 103 Å². The summed E-state index contributed by atoms with van der Waals surface area (Å²) in [5, 5.41) is 10.3. The molecule has 18 heavy (non-hydrogen) atoms. The third-order valence-corrected chi connectivity index (χ3v) is 3.50. The van der Waals surface area contributed by atoms with Crippen LogP contribution in [0.4, 0.5) is 13.6 Å². The van der Waals surface area contributed by atoms with E-state index in [2.05, 4.69) is 0 Å². The van der Waals surface area contributed by atoms with Crippen molar-refractivity contribution in [1.29, 1.82) is 0 Å². The molecule has 0 unspecified atom stereocenters. The average Bonchev–Trinajstić information content (AvgIpc) is 2.82. The summed E-state index contributed by atoms with van der Waals surface area (Å²) in [5.41, 5.74) is 4.40. The van der Waals surface area contributed by atoms with Gasteiger partial charge in [0.25, 0.3) is 0 Å². The molecular weight excluding hydrogens is 242 g/mol. The smallest absolute Gasteiger partial charge is 0.339 e. The van der Waals surface area contributed by atoms with E-state index in [0.717, 1.165) is 25.0 Å². The summed E-state index contributed by atoms with van der Waals surface area (Å²) in [7, 11) is 0. The van der Waals surface area contributed by atoms with E-state index in [9.17, 15) is 18.8 Å². The zero-order valence-corrected chi connectivity index (χ0v) is 9.70. The molecule has 0 heterocycles. The molecule has 1 aromatic rings. The van der Waals surface area contributed by atoms with E-state index >= 15 is 0 Å². The van der Waals surface area contributed by atoms with Crippen LogP contribution in [-0.4, -0.2) is 16.3 Å². The van der Waals surface area contributed by atoms with E-state index in [0.29, 0.717) is 23.5 Å². The minimum Gasteiger partial charge on any atom is -0.350 e. The lowest BCUT2D eigenvalue weighted by Gasteiger charge is -2.35. The fourth-order valence-corrected chi connectivity index (χ4v) is 2.58. The van der Waals surface area contributed by atoms with Gasteiger partial charge in [0.2, 0.25) is 0 Å². The molecule has 0 saturated heterocycles. The number of halogens is 2. The molecule has 0 aliphatic heterocycles. The highest BCUT2D eigenvalue weighted by molar-refractivity contribution is 5.72. The van der Waals surface area contributed by atoms with Crippen molar-refractivity contribution < 1.29 is 18.8 Å². The number of hydrogen-bond acceptors (Lipinski definition) is 2. The lowest BCUT2D eigenvalue weighted by Crippen LogP contribution is -2.48. The fourth-order valence-electron chi connectivity index (χ4n) is 2.58. The third-order valence-electron chi connectivity index (χ3n) is 3.50. The summed E-state index contributed by atoms with van der Waals surface area (Å²) >= 11 is 0. The molecule has 2 amide bonds. The quantitative estimate of drug-likeness (QED) is 0.630. The Morgan fingerprint density at radius 2 is 1.89 bits per heavy atom. The lowest BCUT2D eigenvalue weighted by atomic mass is 9.87. The van der Waals surface area contributed by atoms with Crippen LogP contribution in [0.2, 0.25) is 0 Å². The van der Waals surface area contributed by atoms with Gasteiger partial charge in [-0.15, -0.1) is 0 Å². The van der Waals surface area contributed by atoms with Gasteiger partial charge in [-0.3, -0.25) is 5.21 Å². The topological polar surface area (TPSA) is 66.6 Å². The highest BCUT2D eigenvalue weighted by Gasteiger charge is 2.43. The predicted molar refractivity (Wildman–Crippen MR) is 59.7 cm³/mol. The molecule has 4 nitrogen and oxygen atoms in total. The first kappa shape index (κ1) is 12.8. The zero-order valence-electron chi connectivity index (χ0n) is 9.70. The van der Waals surface area contributed by atoms with Crippen molar-refractivity contribution in [2.75, 3.05) is 0 Å². The molecule has 0 radical (unpaired) electrons. The molecule has 1 fully saturated rings. The first-order valence-corrected chi connectivity index (χ1v) is 5.71. The first-order chi connectivity index (χ1) is 8.47. The van der Waals surface area contributed by atoms with Crippen molar-refractivity contribution in [3.63, 3.8) is 0 Å². The molecule has 0 atom stereocenters. The summed E-state index contributed by atoms with van der Waals surface area (Å²) < 4.78 is 26.2. The van der Waals surface area contributed by atoms with Gasteiger partial charge in [0.1, 0.15) is 0 Å². The summed E-state index contributed by atoms with van der Waals surface area (Å²) in [5.74, 6) is -1.97. The van der Waals surface area contributed by atoms with Crippen molar-refractivity contribution in [3.8, 4) is 0 Å². The monoisotopic (exact) mass is 256 g/mol. The summed E-state index contributed by atoms with van der Waals surface area (Å²) in [6.45, 7) is 0. The Bertz CT molecular complexity index is 473. The second kappa shape index (κ2) is 4.53. The van der Waals surface area contributed by atoms with Gasteiger partial charge in [0, 0.05) is 0 Å². The minimum absolute atomic E-state index is 0.361. The second-order valence-electron chi connectivity index (χ2n) is 4.52. The van der Waals surface area contributed by atoms with Crippen molar-refractivity contribution in [2.24, 2.45) is 5.73 Å². The van der Waals surface area contributed by atoms with Gasteiger partial charge >= 0.3 is 6.03 Å². The highest BCUT2D eigenvalue weighted by Crippen LogP contribution is 2.43. The Hall–Kier alpha value is -1.69. The van der Waals surface area contributed by atoms with Crippen LogP contribution in [0.25, 0.3) is 0 Å². The number of benzene rings is 1. The van der Waals surface area contributed by atoms with Crippen molar-refractivity contribution >= 4 is 6.03 Å². The molecule has 2 rings (SSSR count). The first-order valence-electron chi connectivity index (χ1n) is 5.71. The Morgan fingerprint density at radius 1 is 1.28 bits per heavy atom. The van der Waals surface area contributed by atoms with E-state index < -0.39 is 23.2 Å². The van der Waals surface area contributed by atoms with Crippen LogP contribution in [0.15, 0.2) is 18.2 Å². The number of carbonyl (C=O) groups is 1. The highest BCUT2D eigenvalue weighted by atomic mass is 19.2. The predicted octanol–water partition coefficient (Wildman–Crippen LogP) is 2.50. The second-order valence-corrected chi connectivity index (χ2v) is 4.52. The van der Waals surface area contributed by atoms with Crippen LogP contribution >= 0.6 is 0 Å². The van der Waals surface area contributed by atoms with E-state index in [1.165, 1.54) is 6.07 Å². The normalized spacial score (nSPS) is 17.7. The molecule has 1 saturated carbocycles. The maximum Gasteiger partial charge on any atom is 0.339 e. The maximum atomic E-state index is 13.3. The Kier molecular flexibility index (Phi) is 3.21. The van der Waals surface area contributed by atoms with Crippen molar-refractivity contribution in [1.82, 2.24) is 5.06 Å². The molecule has 3 N–H and O–H groups in total. The SMILES string of the molecule is NC(=O)N(O)C1(c2ccc(F)c(F)c2)CCCC1. The summed E-state index contributed by atoms with van der Waals surface area (Å²) in [6.07, 6.45) is 2.50. The van der Waals surface area contributed by atoms with Gasteiger partial charge in [-0.05, 0) is 30.5 Å². The van der Waals surface area contributed by atoms with Gasteiger partial charge in [0.05, 0.1) is 5.54 Å². The number of amides is 2. The number of nitrogens with two attached hydrogens (primary N) is 1. The number of primary amides is 1. The van der Waals surface area contributed by atoms with E-state index in [1.54, 1.807) is 0 Å². The standard InChI is InChI=1S/C12H14F2N2O2/c13-9-4-3-8(7-10(9)14)12(5-1-2-6-12)16(18)11(15)17/h3-4,7,18H,1-2,5-6H2,(H2,15,17). The summed E-state index contributed by atoms with van der Waals surface area (Å²) in [4.78, 5) is 11.1. The zero-order chi connectivity index (χ0) is 13.3. The molecule has 1 aliphatic rings. The molecule has 0 aromatic heterocycles. The number of rotatable bonds is 2. The van der Waals surface area contributed by atoms with E-state index in [4.69, 9.17) is 5.73 Å². The molecule has 1 aliphatic carbocycles. The number of hydroxylamine groups is 2. The molecule has 0 spiro atoms. The van der Waals surface area contributed by atoms with Crippen molar-refractivity contribution in [3.05, 3.63) is 35.4 Å². The van der Waals surface area contributed by atoms with E-state index in [-0.39, 0.29) is 0 Å². The van der Waals surface area contributed by atoms with Gasteiger partial charge in [-0.25, -0.2) is 13.6 Å². The lowest BCUT2D eigenvalue weighted by molar-refractivity contribution is -0.126. The largest absolute Gasteiger partial charge is 0.350 e. The number of urea groups is 1. The number of carbonyl (C=O) groups excluding carboxylic acids is 1. The third kappa shape index (κ3) is 1.92. The van der Waals surface area contributed by atoms with Gasteiger partial charge in [0.15, 0.2) is 11.6 Å². The number of nitrogens with zero attached hydrogens (tertiary/aromatic N) is 1. The van der Waals surface area contributed by atoms with Gasteiger partial charge in [-0.2, -0.15) is 5.06 Å². The number of hydrogen-bond donors (Lipinski definition) is 2. The Balaban J connectivity index is 2.47. The van der Waals surface area contributed by atoms with Crippen LogP contribution in [0.3, 0.4) is 0 Å². The molecular formula is C12H14F2N2O2. The maximum absolute atomic E-state index is 13.3. The van der Waals surface area contributed by atoms with Crippen LogP contribution in [0.1, 0.15) is 31.2 Å².